The lowest BCUT2D eigenvalue weighted by molar-refractivity contribution is 0.0828. The van der Waals surface area contributed by atoms with Gasteiger partial charge in [-0.15, -0.1) is 11.3 Å². The van der Waals surface area contributed by atoms with Gasteiger partial charge in [-0.05, 0) is 12.1 Å². The topological polar surface area (TPSA) is 45.2 Å². The predicted octanol–water partition coefficient (Wildman–Crippen LogP) is 2.46. The second-order valence-electron chi connectivity index (χ2n) is 4.08. The Hall–Kier alpha value is -1.88. The summed E-state index contributed by atoms with van der Waals surface area (Å²) in [6, 6.07) is 7.51. The van der Waals surface area contributed by atoms with E-state index in [1.165, 1.54) is 0 Å². The van der Waals surface area contributed by atoms with Crippen LogP contribution in [0.2, 0.25) is 0 Å². The maximum absolute atomic E-state index is 12.0. The lowest BCUT2D eigenvalue weighted by atomic mass is 10.1. The van der Waals surface area contributed by atoms with Gasteiger partial charge in [0, 0.05) is 25.2 Å². The average molecular weight is 261 g/mol. The highest BCUT2D eigenvalue weighted by molar-refractivity contribution is 7.07. The fourth-order valence-electron chi connectivity index (χ4n) is 1.58. The van der Waals surface area contributed by atoms with E-state index in [2.05, 4.69) is 10.3 Å². The van der Waals surface area contributed by atoms with Crippen molar-refractivity contribution in [1.29, 1.82) is 0 Å². The molecule has 1 aromatic carbocycles. The SMILES string of the molecule is CN(C)C(=O)c1ccccc1NCc1cscn1. The Labute approximate surface area is 110 Å². The van der Waals surface area contributed by atoms with Gasteiger partial charge in [-0.1, -0.05) is 12.1 Å². The zero-order chi connectivity index (χ0) is 13.0. The van der Waals surface area contributed by atoms with Gasteiger partial charge >= 0.3 is 0 Å². The van der Waals surface area contributed by atoms with Crippen molar-refractivity contribution in [3.63, 3.8) is 0 Å². The Morgan fingerprint density at radius 3 is 2.83 bits per heavy atom. The smallest absolute Gasteiger partial charge is 0.255 e. The quantitative estimate of drug-likeness (QED) is 0.919. The summed E-state index contributed by atoms with van der Waals surface area (Å²) in [4.78, 5) is 17.8. The number of rotatable bonds is 4. The molecule has 1 aromatic heterocycles. The molecule has 0 spiro atoms. The molecule has 2 aromatic rings. The summed E-state index contributed by atoms with van der Waals surface area (Å²) < 4.78 is 0. The molecule has 1 amide bonds. The molecule has 1 N–H and O–H groups in total. The van der Waals surface area contributed by atoms with Crippen LogP contribution < -0.4 is 5.32 Å². The molecule has 0 atom stereocenters. The molecule has 5 heteroatoms. The third-order valence-electron chi connectivity index (χ3n) is 2.51. The van der Waals surface area contributed by atoms with Crippen molar-refractivity contribution < 1.29 is 4.79 Å². The Kier molecular flexibility index (Phi) is 3.94. The molecular weight excluding hydrogens is 246 g/mol. The number of nitrogens with one attached hydrogen (secondary N) is 1. The lowest BCUT2D eigenvalue weighted by Gasteiger charge is -2.14. The molecule has 0 saturated carbocycles. The number of carbonyl (C=O) groups excluding carboxylic acids is 1. The lowest BCUT2D eigenvalue weighted by Crippen LogP contribution is -2.22. The van der Waals surface area contributed by atoms with E-state index in [-0.39, 0.29) is 5.91 Å². The summed E-state index contributed by atoms with van der Waals surface area (Å²) in [6.45, 7) is 0.626. The van der Waals surface area contributed by atoms with Crippen molar-refractivity contribution in [3.05, 3.63) is 46.4 Å². The number of aromatic nitrogens is 1. The largest absolute Gasteiger partial charge is 0.379 e. The fourth-order valence-corrected chi connectivity index (χ4v) is 2.13. The van der Waals surface area contributed by atoms with Crippen LogP contribution in [0.15, 0.2) is 35.2 Å². The van der Waals surface area contributed by atoms with E-state index in [0.717, 1.165) is 11.4 Å². The molecule has 2 rings (SSSR count). The van der Waals surface area contributed by atoms with Crippen LogP contribution in [0.4, 0.5) is 5.69 Å². The summed E-state index contributed by atoms with van der Waals surface area (Å²) in [5, 5.41) is 5.24. The number of thiazole rings is 1. The predicted molar refractivity (Wildman–Crippen MR) is 73.9 cm³/mol. The molecule has 0 aliphatic heterocycles. The molecule has 0 saturated heterocycles. The van der Waals surface area contributed by atoms with Crippen molar-refractivity contribution in [2.75, 3.05) is 19.4 Å². The second-order valence-corrected chi connectivity index (χ2v) is 4.80. The zero-order valence-electron chi connectivity index (χ0n) is 10.4. The highest BCUT2D eigenvalue weighted by Gasteiger charge is 2.12. The number of para-hydroxylation sites is 1. The minimum atomic E-state index is -0.00335. The van der Waals surface area contributed by atoms with E-state index >= 15 is 0 Å². The minimum Gasteiger partial charge on any atom is -0.379 e. The molecule has 0 aliphatic carbocycles. The van der Waals surface area contributed by atoms with Gasteiger partial charge in [0.15, 0.2) is 0 Å². The first-order chi connectivity index (χ1) is 8.68. The fraction of sp³-hybridized carbons (Fsp3) is 0.231. The summed E-state index contributed by atoms with van der Waals surface area (Å²) in [6.07, 6.45) is 0. The van der Waals surface area contributed by atoms with Crippen LogP contribution in [0.5, 0.6) is 0 Å². The Balaban J connectivity index is 2.15. The van der Waals surface area contributed by atoms with E-state index in [9.17, 15) is 4.79 Å². The van der Waals surface area contributed by atoms with Gasteiger partial charge < -0.3 is 10.2 Å². The van der Waals surface area contributed by atoms with Crippen LogP contribution in [-0.4, -0.2) is 29.9 Å². The molecule has 1 heterocycles. The number of amides is 1. The second kappa shape index (κ2) is 5.64. The maximum atomic E-state index is 12.0. The number of hydrogen-bond donors (Lipinski definition) is 1. The number of anilines is 1. The zero-order valence-corrected chi connectivity index (χ0v) is 11.2. The normalized spacial score (nSPS) is 10.1. The van der Waals surface area contributed by atoms with Crippen molar-refractivity contribution in [2.45, 2.75) is 6.54 Å². The van der Waals surface area contributed by atoms with Gasteiger partial charge in [0.2, 0.25) is 0 Å². The van der Waals surface area contributed by atoms with Crippen LogP contribution in [0.1, 0.15) is 16.1 Å². The van der Waals surface area contributed by atoms with Crippen molar-refractivity contribution >= 4 is 22.9 Å². The van der Waals surface area contributed by atoms with Gasteiger partial charge in [0.05, 0.1) is 23.3 Å². The summed E-state index contributed by atoms with van der Waals surface area (Å²) >= 11 is 1.56. The van der Waals surface area contributed by atoms with Crippen molar-refractivity contribution in [2.24, 2.45) is 0 Å². The van der Waals surface area contributed by atoms with Crippen LogP contribution in [0.25, 0.3) is 0 Å². The minimum absolute atomic E-state index is 0.00335. The third kappa shape index (κ3) is 2.87. The number of carbonyl (C=O) groups is 1. The number of hydrogen-bond acceptors (Lipinski definition) is 4. The molecule has 4 nitrogen and oxygen atoms in total. The highest BCUT2D eigenvalue weighted by Crippen LogP contribution is 2.17. The molecule has 0 radical (unpaired) electrons. The third-order valence-corrected chi connectivity index (χ3v) is 3.14. The van der Waals surface area contributed by atoms with Gasteiger partial charge in [0.25, 0.3) is 5.91 Å². The van der Waals surface area contributed by atoms with E-state index in [4.69, 9.17) is 0 Å². The average Bonchev–Trinajstić information content (AvgIpc) is 2.89. The molecule has 0 fully saturated rings. The van der Waals surface area contributed by atoms with E-state index < -0.39 is 0 Å². The standard InChI is InChI=1S/C13H15N3OS/c1-16(2)13(17)11-5-3-4-6-12(11)14-7-10-8-18-9-15-10/h3-6,8-9,14H,7H2,1-2H3. The van der Waals surface area contributed by atoms with Gasteiger partial charge in [-0.25, -0.2) is 4.98 Å². The van der Waals surface area contributed by atoms with Crippen LogP contribution in [0, 0.1) is 0 Å². The Morgan fingerprint density at radius 2 is 2.17 bits per heavy atom. The summed E-state index contributed by atoms with van der Waals surface area (Å²) in [5.41, 5.74) is 4.29. The van der Waals surface area contributed by atoms with Crippen LogP contribution in [0.3, 0.4) is 0 Å². The number of nitrogens with zero attached hydrogens (tertiary/aromatic N) is 2. The van der Waals surface area contributed by atoms with E-state index in [1.54, 1.807) is 35.8 Å². The molecular formula is C13H15N3OS. The van der Waals surface area contributed by atoms with Crippen LogP contribution in [-0.2, 0) is 6.54 Å². The van der Waals surface area contributed by atoms with Gasteiger partial charge in [0.1, 0.15) is 0 Å². The van der Waals surface area contributed by atoms with Crippen molar-refractivity contribution in [3.8, 4) is 0 Å². The summed E-state index contributed by atoms with van der Waals surface area (Å²) in [5.74, 6) is -0.00335. The molecule has 0 unspecified atom stereocenters. The first-order valence-electron chi connectivity index (χ1n) is 5.60. The van der Waals surface area contributed by atoms with E-state index in [1.807, 2.05) is 29.6 Å². The molecule has 0 bridgehead atoms. The molecule has 0 aliphatic rings. The molecule has 18 heavy (non-hydrogen) atoms. The number of benzene rings is 1. The monoisotopic (exact) mass is 261 g/mol. The summed E-state index contributed by atoms with van der Waals surface area (Å²) in [7, 11) is 3.50. The van der Waals surface area contributed by atoms with Crippen molar-refractivity contribution in [1.82, 2.24) is 9.88 Å². The Bertz CT molecular complexity index is 523. The van der Waals surface area contributed by atoms with Gasteiger partial charge in [-0.3, -0.25) is 4.79 Å². The first-order valence-corrected chi connectivity index (χ1v) is 6.54. The van der Waals surface area contributed by atoms with E-state index in [0.29, 0.717) is 12.1 Å². The Morgan fingerprint density at radius 1 is 1.39 bits per heavy atom. The first kappa shape index (κ1) is 12.6. The van der Waals surface area contributed by atoms with Gasteiger partial charge in [-0.2, -0.15) is 0 Å². The van der Waals surface area contributed by atoms with Crippen LogP contribution >= 0.6 is 11.3 Å². The maximum Gasteiger partial charge on any atom is 0.255 e. The highest BCUT2D eigenvalue weighted by atomic mass is 32.1. The molecule has 94 valence electrons.